The Hall–Kier alpha value is -4.97. The molecule has 1 saturated heterocycles. The smallest absolute Gasteiger partial charge is 0.264 e. The van der Waals surface area contributed by atoms with Gasteiger partial charge in [0.1, 0.15) is 0 Å². The zero-order valence-electron chi connectivity index (χ0n) is 30.8. The van der Waals surface area contributed by atoms with Gasteiger partial charge >= 0.3 is 0 Å². The standard InChI is InChI=1S/C43H45FN4O5Si/c1-28-41(54(2,3)44)38(24-40(51)46-26-32-17-11-10-16-31(32)22-34(46)27-49)53-43(28)35-23-33(48-39(50)21-19-36(45-48)30-14-8-5-9-15-30)18-20-37(35)47(42(43)52)25-29-12-6-4-7-13-29/h4-18,20,23,28,34,38,41,49H,19,21-22,24-27H2,1-3H3/t28-,34+,38+,41-,43+/m1/s1. The van der Waals surface area contributed by atoms with Gasteiger partial charge in [0.25, 0.3) is 5.91 Å². The van der Waals surface area contributed by atoms with E-state index in [1.165, 1.54) is 5.01 Å². The van der Waals surface area contributed by atoms with E-state index in [0.717, 1.165) is 28.0 Å². The van der Waals surface area contributed by atoms with E-state index in [4.69, 9.17) is 9.84 Å². The molecule has 4 aromatic carbocycles. The molecule has 278 valence electrons. The summed E-state index contributed by atoms with van der Waals surface area (Å²) in [6.45, 7) is 5.50. The first kappa shape index (κ1) is 36.0. The van der Waals surface area contributed by atoms with E-state index in [9.17, 15) is 14.7 Å². The number of aliphatic hydroxyl groups is 1. The van der Waals surface area contributed by atoms with E-state index in [2.05, 4.69) is 0 Å². The third kappa shape index (κ3) is 6.17. The molecule has 0 unspecified atom stereocenters. The Morgan fingerprint density at radius 3 is 2.33 bits per heavy atom. The molecule has 0 aromatic heterocycles. The Morgan fingerprint density at radius 2 is 1.63 bits per heavy atom. The van der Waals surface area contributed by atoms with Crippen molar-refractivity contribution in [1.29, 1.82) is 0 Å². The molecule has 9 nitrogen and oxygen atoms in total. The number of ether oxygens (including phenoxy) is 1. The maximum absolute atomic E-state index is 16.7. The van der Waals surface area contributed by atoms with Crippen LogP contribution >= 0.6 is 0 Å². The van der Waals surface area contributed by atoms with Gasteiger partial charge in [-0.2, -0.15) is 5.10 Å². The van der Waals surface area contributed by atoms with E-state index in [1.807, 2.05) is 104 Å². The monoisotopic (exact) mass is 744 g/mol. The summed E-state index contributed by atoms with van der Waals surface area (Å²) < 4.78 is 23.7. The average Bonchev–Trinajstić information content (AvgIpc) is 3.60. The first-order valence-corrected chi connectivity index (χ1v) is 21.7. The number of benzene rings is 4. The van der Waals surface area contributed by atoms with Crippen LogP contribution in [-0.2, 0) is 44.2 Å². The molecule has 1 fully saturated rings. The van der Waals surface area contributed by atoms with Gasteiger partial charge in [-0.3, -0.25) is 14.4 Å². The fourth-order valence-electron chi connectivity index (χ4n) is 9.21. The normalized spacial score (nSPS) is 25.2. The number of hydrogen-bond donors (Lipinski definition) is 1. The van der Waals surface area contributed by atoms with E-state index < -0.39 is 37.6 Å². The molecule has 4 aliphatic heterocycles. The molecule has 4 aliphatic rings. The minimum Gasteiger partial charge on any atom is -0.394 e. The SMILES string of the molecule is C[C@@H]1[C@@H]([Si](C)(C)F)[C@H](CC(=O)N2Cc3ccccc3C[C@H]2CO)O[C@@]12C(=O)N(Cc1ccccc1)c1ccc(N3N=C(c4ccccc4)CCC3=O)cc12. The van der Waals surface area contributed by atoms with Crippen LogP contribution in [0.25, 0.3) is 0 Å². The molecule has 5 atom stereocenters. The van der Waals surface area contributed by atoms with Crippen LogP contribution in [0.4, 0.5) is 15.5 Å². The summed E-state index contributed by atoms with van der Waals surface area (Å²) >= 11 is 0. The van der Waals surface area contributed by atoms with Gasteiger partial charge in [-0.1, -0.05) is 91.9 Å². The minimum absolute atomic E-state index is 0.133. The number of halogens is 1. The molecule has 4 heterocycles. The molecule has 3 amide bonds. The summed E-state index contributed by atoms with van der Waals surface area (Å²) in [4.78, 5) is 46.2. The fraction of sp³-hybridized carbons (Fsp3) is 0.349. The number of carbonyl (C=O) groups excluding carboxylic acids is 3. The van der Waals surface area contributed by atoms with Crippen LogP contribution in [-0.4, -0.2) is 60.6 Å². The number of hydrazone groups is 1. The van der Waals surface area contributed by atoms with Crippen molar-refractivity contribution in [2.45, 2.75) is 82.1 Å². The van der Waals surface area contributed by atoms with Crippen molar-refractivity contribution in [3.8, 4) is 0 Å². The van der Waals surface area contributed by atoms with Crippen LogP contribution in [0.3, 0.4) is 0 Å². The number of fused-ring (bicyclic) bond motifs is 3. The first-order valence-electron chi connectivity index (χ1n) is 18.8. The molecule has 0 radical (unpaired) electrons. The lowest BCUT2D eigenvalue weighted by Gasteiger charge is -2.37. The molecular formula is C43H45FN4O5Si. The van der Waals surface area contributed by atoms with Crippen LogP contribution in [0.5, 0.6) is 0 Å². The number of amides is 3. The van der Waals surface area contributed by atoms with Gasteiger partial charge in [-0.15, -0.1) is 0 Å². The molecule has 1 N–H and O–H groups in total. The highest BCUT2D eigenvalue weighted by molar-refractivity contribution is 6.72. The number of hydrogen-bond acceptors (Lipinski definition) is 6. The average molecular weight is 745 g/mol. The van der Waals surface area contributed by atoms with Crippen molar-refractivity contribution >= 4 is 43.2 Å². The van der Waals surface area contributed by atoms with Crippen LogP contribution in [0.2, 0.25) is 18.6 Å². The molecule has 8 rings (SSSR count). The van der Waals surface area contributed by atoms with Gasteiger partial charge < -0.3 is 23.8 Å². The fourth-order valence-corrected chi connectivity index (χ4v) is 11.7. The number of nitrogens with zero attached hydrogens (tertiary/aromatic N) is 4. The van der Waals surface area contributed by atoms with Gasteiger partial charge in [0.2, 0.25) is 20.2 Å². The Morgan fingerprint density at radius 1 is 0.944 bits per heavy atom. The van der Waals surface area contributed by atoms with Crippen LogP contribution in [0.1, 0.15) is 54.0 Å². The van der Waals surface area contributed by atoms with Gasteiger partial charge in [0.15, 0.2) is 5.60 Å². The Labute approximate surface area is 316 Å². The molecule has 4 aromatic rings. The third-order valence-corrected chi connectivity index (χ3v) is 14.2. The van der Waals surface area contributed by atoms with E-state index >= 15 is 8.90 Å². The highest BCUT2D eigenvalue weighted by atomic mass is 28.4. The summed E-state index contributed by atoms with van der Waals surface area (Å²) in [5.74, 6) is -1.37. The van der Waals surface area contributed by atoms with E-state index in [0.29, 0.717) is 36.3 Å². The maximum Gasteiger partial charge on any atom is 0.264 e. The quantitative estimate of drug-likeness (QED) is 0.157. The van der Waals surface area contributed by atoms with Gasteiger partial charge in [-0.25, -0.2) is 5.01 Å². The van der Waals surface area contributed by atoms with Crippen LogP contribution in [0, 0.1) is 5.92 Å². The summed E-state index contributed by atoms with van der Waals surface area (Å²) in [6.07, 6.45) is 0.263. The molecule has 0 bridgehead atoms. The molecule has 54 heavy (non-hydrogen) atoms. The third-order valence-electron chi connectivity index (χ3n) is 11.8. The van der Waals surface area contributed by atoms with Crippen LogP contribution < -0.4 is 9.91 Å². The van der Waals surface area contributed by atoms with Crippen molar-refractivity contribution in [3.05, 3.63) is 131 Å². The summed E-state index contributed by atoms with van der Waals surface area (Å²) in [6, 6.07) is 32.3. The zero-order valence-corrected chi connectivity index (χ0v) is 31.8. The predicted octanol–water partition coefficient (Wildman–Crippen LogP) is 6.88. The number of rotatable bonds is 8. The summed E-state index contributed by atoms with van der Waals surface area (Å²) in [5.41, 5.74) is 4.06. The minimum atomic E-state index is -3.60. The molecule has 11 heteroatoms. The lowest BCUT2D eigenvalue weighted by Crippen LogP contribution is -2.48. The topological polar surface area (TPSA) is 103 Å². The molecule has 1 spiro atoms. The highest BCUT2D eigenvalue weighted by Gasteiger charge is 2.67. The molecule has 0 aliphatic carbocycles. The molecule has 0 saturated carbocycles. The predicted molar refractivity (Wildman–Crippen MR) is 208 cm³/mol. The van der Waals surface area contributed by atoms with Gasteiger partial charge in [-0.05, 0) is 60.0 Å². The van der Waals surface area contributed by atoms with Crippen molar-refractivity contribution in [1.82, 2.24) is 4.90 Å². The maximum atomic E-state index is 16.7. The zero-order chi connectivity index (χ0) is 37.8. The molecular weight excluding hydrogens is 700 g/mol. The van der Waals surface area contributed by atoms with Crippen molar-refractivity contribution in [2.75, 3.05) is 16.5 Å². The largest absolute Gasteiger partial charge is 0.394 e. The lowest BCUT2D eigenvalue weighted by molar-refractivity contribution is -0.151. The second-order valence-electron chi connectivity index (χ2n) is 15.5. The van der Waals surface area contributed by atoms with Gasteiger partial charge in [0, 0.05) is 36.4 Å². The van der Waals surface area contributed by atoms with Crippen LogP contribution in [0.15, 0.2) is 108 Å². The van der Waals surface area contributed by atoms with Crippen molar-refractivity contribution in [2.24, 2.45) is 11.0 Å². The lowest BCUT2D eigenvalue weighted by atomic mass is 9.82. The van der Waals surface area contributed by atoms with E-state index in [1.54, 1.807) is 29.0 Å². The Bertz CT molecular complexity index is 2130. The first-order chi connectivity index (χ1) is 26.0. The van der Waals surface area contributed by atoms with Crippen molar-refractivity contribution in [3.63, 3.8) is 0 Å². The van der Waals surface area contributed by atoms with E-state index in [-0.39, 0.29) is 43.7 Å². The van der Waals surface area contributed by atoms with Crippen molar-refractivity contribution < 1.29 is 28.3 Å². The number of carbonyl (C=O) groups is 3. The number of anilines is 2. The second kappa shape index (κ2) is 14.0. The number of aliphatic hydroxyl groups excluding tert-OH is 1. The van der Waals surface area contributed by atoms with Gasteiger partial charge in [0.05, 0.1) is 48.8 Å². The Balaban J connectivity index is 1.20. The summed E-state index contributed by atoms with van der Waals surface area (Å²) in [7, 11) is -3.60. The highest BCUT2D eigenvalue weighted by Crippen LogP contribution is 2.61. The summed E-state index contributed by atoms with van der Waals surface area (Å²) in [5, 5.41) is 16.5. The second-order valence-corrected chi connectivity index (χ2v) is 19.3. The Kier molecular flexibility index (Phi) is 9.36.